The lowest BCUT2D eigenvalue weighted by Crippen LogP contribution is -2.31. The molecule has 0 radical (unpaired) electrons. The van der Waals surface area contributed by atoms with Crippen molar-refractivity contribution in [3.05, 3.63) is 48.3 Å². The molecule has 80 valence electrons. The minimum atomic E-state index is -1.41. The number of rotatable bonds is 2. The first-order valence-corrected chi connectivity index (χ1v) is 5.05. The Hall–Kier alpha value is -1.65. The average Bonchev–Trinajstić information content (AvgIpc) is 2.29. The van der Waals surface area contributed by atoms with Gasteiger partial charge in [0.1, 0.15) is 0 Å². The summed E-state index contributed by atoms with van der Waals surface area (Å²) in [6.07, 6.45) is 3.51. The molecule has 2 aromatic rings. The number of pyridine rings is 1. The molecule has 1 aromatic carbocycles. The van der Waals surface area contributed by atoms with E-state index in [4.69, 9.17) is 10.0 Å². The van der Waals surface area contributed by atoms with Gasteiger partial charge in [-0.1, -0.05) is 29.8 Å². The molecule has 0 atom stereocenters. The van der Waals surface area contributed by atoms with Crippen molar-refractivity contribution >= 4 is 12.6 Å². The van der Waals surface area contributed by atoms with Crippen molar-refractivity contribution < 1.29 is 10.0 Å². The molecular formula is C12H12BNO2. The number of benzene rings is 1. The van der Waals surface area contributed by atoms with Crippen LogP contribution in [0.4, 0.5) is 0 Å². The Bertz CT molecular complexity index is 486. The predicted molar refractivity (Wildman–Crippen MR) is 64.2 cm³/mol. The zero-order chi connectivity index (χ0) is 11.5. The molecule has 1 aromatic heterocycles. The minimum Gasteiger partial charge on any atom is -0.423 e. The van der Waals surface area contributed by atoms with Gasteiger partial charge in [0.2, 0.25) is 0 Å². The summed E-state index contributed by atoms with van der Waals surface area (Å²) in [5.74, 6) is 0. The highest BCUT2D eigenvalue weighted by molar-refractivity contribution is 6.59. The summed E-state index contributed by atoms with van der Waals surface area (Å²) >= 11 is 0. The fourth-order valence-corrected chi connectivity index (χ4v) is 1.68. The van der Waals surface area contributed by atoms with Crippen molar-refractivity contribution in [3.63, 3.8) is 0 Å². The number of hydrogen-bond acceptors (Lipinski definition) is 3. The minimum absolute atomic E-state index is 0.535. The third-order valence-corrected chi connectivity index (χ3v) is 2.54. The van der Waals surface area contributed by atoms with E-state index in [0.29, 0.717) is 5.46 Å². The Morgan fingerprint density at radius 1 is 1.12 bits per heavy atom. The second-order valence-corrected chi connectivity index (χ2v) is 3.69. The molecule has 0 saturated carbocycles. The van der Waals surface area contributed by atoms with Gasteiger partial charge in [-0.2, -0.15) is 0 Å². The Labute approximate surface area is 94.6 Å². The first kappa shape index (κ1) is 10.9. The predicted octanol–water partition coefficient (Wildman–Crippen LogP) is 0.737. The molecule has 0 bridgehead atoms. The largest absolute Gasteiger partial charge is 0.488 e. The van der Waals surface area contributed by atoms with Crippen LogP contribution in [0.2, 0.25) is 0 Å². The average molecular weight is 213 g/mol. The van der Waals surface area contributed by atoms with Crippen LogP contribution in [0.1, 0.15) is 5.56 Å². The van der Waals surface area contributed by atoms with Crippen molar-refractivity contribution in [3.8, 4) is 11.1 Å². The first-order valence-electron chi connectivity index (χ1n) is 5.05. The van der Waals surface area contributed by atoms with Crippen molar-refractivity contribution in [2.75, 3.05) is 0 Å². The second kappa shape index (κ2) is 4.47. The van der Waals surface area contributed by atoms with Crippen LogP contribution in [0.3, 0.4) is 0 Å². The van der Waals surface area contributed by atoms with Crippen LogP contribution >= 0.6 is 0 Å². The standard InChI is InChI=1S/C12H12BNO2/c1-9-7-10(4-5-12(9)13(15)16)11-3-2-6-14-8-11/h2-8,15-16H,1H3. The molecule has 0 spiro atoms. The fourth-order valence-electron chi connectivity index (χ4n) is 1.68. The van der Waals surface area contributed by atoms with Crippen LogP contribution in [0.5, 0.6) is 0 Å². The van der Waals surface area contributed by atoms with Gasteiger partial charge in [0.25, 0.3) is 0 Å². The maximum absolute atomic E-state index is 9.11. The lowest BCUT2D eigenvalue weighted by Gasteiger charge is -2.07. The van der Waals surface area contributed by atoms with E-state index >= 15 is 0 Å². The number of aryl methyl sites for hydroxylation is 1. The van der Waals surface area contributed by atoms with Crippen molar-refractivity contribution in [2.24, 2.45) is 0 Å². The Kier molecular flexibility index (Phi) is 3.03. The maximum Gasteiger partial charge on any atom is 0.488 e. The van der Waals surface area contributed by atoms with E-state index in [1.807, 2.05) is 31.2 Å². The molecule has 0 unspecified atom stereocenters. The Morgan fingerprint density at radius 3 is 2.50 bits per heavy atom. The highest BCUT2D eigenvalue weighted by Gasteiger charge is 2.13. The smallest absolute Gasteiger partial charge is 0.423 e. The Balaban J connectivity index is 2.43. The van der Waals surface area contributed by atoms with E-state index in [9.17, 15) is 0 Å². The van der Waals surface area contributed by atoms with E-state index in [1.54, 1.807) is 18.5 Å². The van der Waals surface area contributed by atoms with E-state index < -0.39 is 7.12 Å². The summed E-state index contributed by atoms with van der Waals surface area (Å²) in [6, 6.07) is 9.35. The van der Waals surface area contributed by atoms with Crippen molar-refractivity contribution in [1.29, 1.82) is 0 Å². The summed E-state index contributed by atoms with van der Waals surface area (Å²) in [5.41, 5.74) is 3.43. The van der Waals surface area contributed by atoms with Gasteiger partial charge in [-0.3, -0.25) is 4.98 Å². The van der Waals surface area contributed by atoms with E-state index in [1.165, 1.54) is 0 Å². The van der Waals surface area contributed by atoms with Crippen molar-refractivity contribution in [1.82, 2.24) is 4.98 Å². The SMILES string of the molecule is Cc1cc(-c2cccnc2)ccc1B(O)O. The highest BCUT2D eigenvalue weighted by atomic mass is 16.4. The summed E-state index contributed by atoms with van der Waals surface area (Å²) in [5, 5.41) is 18.2. The topological polar surface area (TPSA) is 53.4 Å². The molecule has 0 saturated heterocycles. The molecule has 0 aliphatic carbocycles. The van der Waals surface area contributed by atoms with Crippen LogP contribution in [0, 0.1) is 6.92 Å². The van der Waals surface area contributed by atoms with Crippen LogP contribution in [0.15, 0.2) is 42.7 Å². The lowest BCUT2D eigenvalue weighted by molar-refractivity contribution is 0.425. The zero-order valence-corrected chi connectivity index (χ0v) is 8.96. The molecule has 3 nitrogen and oxygen atoms in total. The van der Waals surface area contributed by atoms with Gasteiger partial charge >= 0.3 is 7.12 Å². The van der Waals surface area contributed by atoms with E-state index in [2.05, 4.69) is 4.98 Å². The van der Waals surface area contributed by atoms with E-state index in [-0.39, 0.29) is 0 Å². The van der Waals surface area contributed by atoms with Gasteiger partial charge in [0.05, 0.1) is 0 Å². The lowest BCUT2D eigenvalue weighted by atomic mass is 9.76. The van der Waals surface area contributed by atoms with Gasteiger partial charge in [-0.05, 0) is 29.6 Å². The summed E-state index contributed by atoms with van der Waals surface area (Å²) in [4.78, 5) is 4.05. The molecule has 2 rings (SSSR count). The molecule has 1 heterocycles. The van der Waals surface area contributed by atoms with Gasteiger partial charge in [0.15, 0.2) is 0 Å². The van der Waals surface area contributed by atoms with Gasteiger partial charge in [-0.15, -0.1) is 0 Å². The molecule has 0 amide bonds. The van der Waals surface area contributed by atoms with Crippen LogP contribution < -0.4 is 5.46 Å². The summed E-state index contributed by atoms with van der Waals surface area (Å²) < 4.78 is 0. The van der Waals surface area contributed by atoms with Crippen molar-refractivity contribution in [2.45, 2.75) is 6.92 Å². The molecule has 4 heteroatoms. The molecular weight excluding hydrogens is 201 g/mol. The highest BCUT2D eigenvalue weighted by Crippen LogP contribution is 2.17. The van der Waals surface area contributed by atoms with E-state index in [0.717, 1.165) is 16.7 Å². The molecule has 0 aliphatic rings. The first-order chi connectivity index (χ1) is 7.68. The third-order valence-electron chi connectivity index (χ3n) is 2.54. The molecule has 16 heavy (non-hydrogen) atoms. The number of aromatic nitrogens is 1. The van der Waals surface area contributed by atoms with Crippen LogP contribution in [0.25, 0.3) is 11.1 Å². The monoisotopic (exact) mass is 213 g/mol. The van der Waals surface area contributed by atoms with Gasteiger partial charge in [-0.25, -0.2) is 0 Å². The maximum atomic E-state index is 9.11. The summed E-state index contributed by atoms with van der Waals surface area (Å²) in [7, 11) is -1.41. The number of nitrogens with zero attached hydrogens (tertiary/aromatic N) is 1. The quantitative estimate of drug-likeness (QED) is 0.723. The molecule has 2 N–H and O–H groups in total. The second-order valence-electron chi connectivity index (χ2n) is 3.69. The van der Waals surface area contributed by atoms with Crippen LogP contribution in [-0.4, -0.2) is 22.2 Å². The van der Waals surface area contributed by atoms with Gasteiger partial charge < -0.3 is 10.0 Å². The number of hydrogen-bond donors (Lipinski definition) is 2. The molecule has 0 fully saturated rings. The summed E-state index contributed by atoms with van der Waals surface area (Å²) in [6.45, 7) is 1.86. The third kappa shape index (κ3) is 2.13. The normalized spacial score (nSPS) is 10.2. The van der Waals surface area contributed by atoms with Crippen LogP contribution in [-0.2, 0) is 0 Å². The van der Waals surface area contributed by atoms with Gasteiger partial charge in [0, 0.05) is 12.4 Å². The fraction of sp³-hybridized carbons (Fsp3) is 0.0833. The Morgan fingerprint density at radius 2 is 1.94 bits per heavy atom. The zero-order valence-electron chi connectivity index (χ0n) is 8.96. The molecule has 0 aliphatic heterocycles.